The number of hydrogen-bond donors (Lipinski definition) is 3. The molecule has 10 heteroatoms. The Balaban J connectivity index is 1.39. The number of benzene rings is 3. The molecular formula is C32H29N5O5. The van der Waals surface area contributed by atoms with Gasteiger partial charge in [0.1, 0.15) is 11.9 Å². The Bertz CT molecular complexity index is 1810. The van der Waals surface area contributed by atoms with Crippen LogP contribution in [0.15, 0.2) is 72.9 Å². The molecule has 1 unspecified atom stereocenters. The molecule has 1 fully saturated rings. The van der Waals surface area contributed by atoms with Crippen molar-refractivity contribution >= 4 is 39.9 Å². The fraction of sp³-hybridized carbons (Fsp3) is 0.250. The van der Waals surface area contributed by atoms with E-state index >= 15 is 0 Å². The van der Waals surface area contributed by atoms with Crippen LogP contribution >= 0.6 is 0 Å². The first-order valence-corrected chi connectivity index (χ1v) is 14.0. The topological polar surface area (TPSA) is 147 Å². The van der Waals surface area contributed by atoms with E-state index in [0.717, 1.165) is 64.9 Å². The number of carboxylic acids is 2. The Hall–Kier alpha value is -5.12. The summed E-state index contributed by atoms with van der Waals surface area (Å²) in [5.41, 5.74) is 5.86. The van der Waals surface area contributed by atoms with Crippen LogP contribution in [0, 0.1) is 0 Å². The van der Waals surface area contributed by atoms with Gasteiger partial charge < -0.3 is 20.1 Å². The van der Waals surface area contributed by atoms with Crippen LogP contribution in [0.1, 0.15) is 54.9 Å². The lowest BCUT2D eigenvalue weighted by molar-refractivity contribution is -0.145. The molecule has 1 amide bonds. The average Bonchev–Trinajstić information content (AvgIpc) is 3.39. The van der Waals surface area contributed by atoms with Crippen LogP contribution in [0.5, 0.6) is 0 Å². The van der Waals surface area contributed by atoms with Gasteiger partial charge in [-0.25, -0.2) is 14.8 Å². The normalized spacial score (nSPS) is 14.6. The lowest BCUT2D eigenvalue weighted by Gasteiger charge is -2.25. The fourth-order valence-electron chi connectivity index (χ4n) is 5.67. The van der Waals surface area contributed by atoms with Gasteiger partial charge in [-0.15, -0.1) is 0 Å². The second-order valence-electron chi connectivity index (χ2n) is 10.6. The van der Waals surface area contributed by atoms with Crippen molar-refractivity contribution in [2.45, 2.75) is 50.6 Å². The molecule has 5 aromatic rings. The lowest BCUT2D eigenvalue weighted by Crippen LogP contribution is -2.42. The minimum atomic E-state index is -1.54. The Kier molecular flexibility index (Phi) is 7.35. The van der Waals surface area contributed by atoms with Gasteiger partial charge in [-0.1, -0.05) is 49.6 Å². The molecule has 0 spiro atoms. The zero-order valence-electron chi connectivity index (χ0n) is 22.7. The van der Waals surface area contributed by atoms with Crippen molar-refractivity contribution in [2.24, 2.45) is 0 Å². The SMILES string of the molecule is O=C(O)CC(NC(=O)c1ccc2c(c1)nc(-c1ccc3nc(-c4ccccc4)cnc3c1)n2C1CCCCC1)C(=O)O. The highest BCUT2D eigenvalue weighted by Crippen LogP contribution is 2.37. The predicted molar refractivity (Wildman–Crippen MR) is 157 cm³/mol. The van der Waals surface area contributed by atoms with Gasteiger partial charge in [-0.05, 0) is 49.2 Å². The van der Waals surface area contributed by atoms with Gasteiger partial charge >= 0.3 is 11.9 Å². The van der Waals surface area contributed by atoms with E-state index in [1.54, 1.807) is 18.3 Å². The number of carbonyl (C=O) groups excluding carboxylic acids is 1. The van der Waals surface area contributed by atoms with E-state index in [-0.39, 0.29) is 11.6 Å². The third-order valence-electron chi connectivity index (χ3n) is 7.74. The molecule has 0 bridgehead atoms. The lowest BCUT2D eigenvalue weighted by atomic mass is 9.94. The van der Waals surface area contributed by atoms with Crippen molar-refractivity contribution in [3.05, 3.63) is 78.5 Å². The van der Waals surface area contributed by atoms with E-state index in [4.69, 9.17) is 20.1 Å². The number of aromatic nitrogens is 4. The molecule has 2 aromatic heterocycles. The molecular weight excluding hydrogens is 534 g/mol. The van der Waals surface area contributed by atoms with Crippen LogP contribution < -0.4 is 5.32 Å². The maximum Gasteiger partial charge on any atom is 0.326 e. The van der Waals surface area contributed by atoms with E-state index in [9.17, 15) is 19.5 Å². The molecule has 1 aliphatic carbocycles. The molecule has 212 valence electrons. The van der Waals surface area contributed by atoms with Crippen LogP contribution in [0.25, 0.3) is 44.7 Å². The molecule has 1 saturated carbocycles. The second-order valence-corrected chi connectivity index (χ2v) is 10.6. The molecule has 3 aromatic carbocycles. The summed E-state index contributed by atoms with van der Waals surface area (Å²) in [6, 6.07) is 19.6. The van der Waals surface area contributed by atoms with Crippen LogP contribution in [0.4, 0.5) is 0 Å². The number of carbonyl (C=O) groups is 3. The van der Waals surface area contributed by atoms with E-state index in [2.05, 4.69) is 9.88 Å². The van der Waals surface area contributed by atoms with E-state index in [1.807, 2.05) is 54.6 Å². The van der Waals surface area contributed by atoms with Gasteiger partial charge in [-0.2, -0.15) is 0 Å². The maximum atomic E-state index is 12.9. The first kappa shape index (κ1) is 27.1. The number of fused-ring (bicyclic) bond motifs is 2. The number of nitrogens with one attached hydrogen (secondary N) is 1. The van der Waals surface area contributed by atoms with Gasteiger partial charge in [0.2, 0.25) is 0 Å². The summed E-state index contributed by atoms with van der Waals surface area (Å²) in [5, 5.41) is 20.7. The zero-order valence-corrected chi connectivity index (χ0v) is 22.7. The first-order chi connectivity index (χ1) is 20.4. The maximum absolute atomic E-state index is 12.9. The van der Waals surface area contributed by atoms with Gasteiger partial charge in [0.15, 0.2) is 0 Å². The molecule has 1 aliphatic rings. The highest BCUT2D eigenvalue weighted by molar-refractivity contribution is 6.00. The van der Waals surface area contributed by atoms with Crippen molar-refractivity contribution in [3.63, 3.8) is 0 Å². The number of imidazole rings is 1. The third-order valence-corrected chi connectivity index (χ3v) is 7.74. The van der Waals surface area contributed by atoms with Gasteiger partial charge in [0.05, 0.1) is 40.4 Å². The van der Waals surface area contributed by atoms with Crippen molar-refractivity contribution in [3.8, 4) is 22.6 Å². The van der Waals surface area contributed by atoms with Crippen molar-refractivity contribution in [1.29, 1.82) is 0 Å². The molecule has 0 saturated heterocycles. The number of amides is 1. The van der Waals surface area contributed by atoms with Crippen LogP contribution in [-0.4, -0.2) is 53.6 Å². The summed E-state index contributed by atoms with van der Waals surface area (Å²) < 4.78 is 2.24. The largest absolute Gasteiger partial charge is 0.481 e. The monoisotopic (exact) mass is 563 g/mol. The van der Waals surface area contributed by atoms with Gasteiger partial charge in [0, 0.05) is 22.7 Å². The molecule has 0 radical (unpaired) electrons. The third kappa shape index (κ3) is 5.43. The van der Waals surface area contributed by atoms with Gasteiger partial charge in [0.25, 0.3) is 5.91 Å². The van der Waals surface area contributed by atoms with Crippen LogP contribution in [0.2, 0.25) is 0 Å². The predicted octanol–water partition coefficient (Wildman–Crippen LogP) is 5.48. The fourth-order valence-corrected chi connectivity index (χ4v) is 5.67. The summed E-state index contributed by atoms with van der Waals surface area (Å²) in [6.45, 7) is 0. The highest BCUT2D eigenvalue weighted by atomic mass is 16.4. The number of carboxylic acid groups (broad SMARTS) is 2. The molecule has 3 N–H and O–H groups in total. The number of hydrogen-bond acceptors (Lipinski definition) is 6. The summed E-state index contributed by atoms with van der Waals surface area (Å²) in [7, 11) is 0. The molecule has 6 rings (SSSR count). The van der Waals surface area contributed by atoms with Crippen molar-refractivity contribution < 1.29 is 24.6 Å². The summed E-state index contributed by atoms with van der Waals surface area (Å²) in [5.74, 6) is -2.63. The molecule has 0 aliphatic heterocycles. The quantitative estimate of drug-likeness (QED) is 0.225. The van der Waals surface area contributed by atoms with E-state index < -0.39 is 30.3 Å². The number of rotatable bonds is 8. The first-order valence-electron chi connectivity index (χ1n) is 14.0. The zero-order chi connectivity index (χ0) is 29.2. The summed E-state index contributed by atoms with van der Waals surface area (Å²) >= 11 is 0. The Morgan fingerprint density at radius 2 is 1.64 bits per heavy atom. The Labute approximate surface area is 241 Å². The molecule has 42 heavy (non-hydrogen) atoms. The number of nitrogens with zero attached hydrogens (tertiary/aromatic N) is 4. The Morgan fingerprint density at radius 3 is 2.38 bits per heavy atom. The second kappa shape index (κ2) is 11.4. The average molecular weight is 564 g/mol. The molecule has 1 atom stereocenters. The molecule has 2 heterocycles. The van der Waals surface area contributed by atoms with Crippen molar-refractivity contribution in [2.75, 3.05) is 0 Å². The smallest absolute Gasteiger partial charge is 0.326 e. The van der Waals surface area contributed by atoms with Gasteiger partial charge in [-0.3, -0.25) is 14.6 Å². The Morgan fingerprint density at radius 1 is 0.857 bits per heavy atom. The van der Waals surface area contributed by atoms with E-state index in [1.165, 1.54) is 6.42 Å². The standard InChI is InChI=1S/C32H29N5O5/c38-29(39)17-26(32(41)42)36-31(40)21-12-14-28-25(16-21)35-30(37(28)22-9-5-2-6-10-22)20-11-13-23-24(15-20)33-18-27(34-23)19-7-3-1-4-8-19/h1,3-4,7-8,11-16,18,22,26H,2,5-6,9-10,17H2,(H,36,40)(H,38,39)(H,41,42). The summed E-state index contributed by atoms with van der Waals surface area (Å²) in [4.78, 5) is 49.9. The van der Waals surface area contributed by atoms with Crippen molar-refractivity contribution in [1.82, 2.24) is 24.8 Å². The van der Waals surface area contributed by atoms with E-state index in [0.29, 0.717) is 5.52 Å². The summed E-state index contributed by atoms with van der Waals surface area (Å²) in [6.07, 6.45) is 6.52. The van der Waals surface area contributed by atoms with Crippen LogP contribution in [-0.2, 0) is 9.59 Å². The van der Waals surface area contributed by atoms with Crippen LogP contribution in [0.3, 0.4) is 0 Å². The number of aliphatic carboxylic acids is 2. The molecule has 10 nitrogen and oxygen atoms in total. The minimum absolute atomic E-state index is 0.205. The highest BCUT2D eigenvalue weighted by Gasteiger charge is 2.26. The minimum Gasteiger partial charge on any atom is -0.481 e.